The van der Waals surface area contributed by atoms with Gasteiger partial charge < -0.3 is 9.88 Å². The maximum absolute atomic E-state index is 12.8. The van der Waals surface area contributed by atoms with E-state index in [1.54, 1.807) is 0 Å². The molecule has 0 saturated heterocycles. The minimum Gasteiger partial charge on any atom is -0.341 e. The van der Waals surface area contributed by atoms with Crippen LogP contribution in [0.25, 0.3) is 11.0 Å². The first kappa shape index (κ1) is 20.1. The van der Waals surface area contributed by atoms with Crippen molar-refractivity contribution >= 4 is 28.7 Å². The summed E-state index contributed by atoms with van der Waals surface area (Å²) in [5.74, 6) is 0.933. The van der Waals surface area contributed by atoms with Gasteiger partial charge in [-0.2, -0.15) is 0 Å². The molecule has 4 aromatic rings. The molecule has 0 unspecified atom stereocenters. The summed E-state index contributed by atoms with van der Waals surface area (Å²) in [7, 11) is 1.98. The van der Waals surface area contributed by atoms with Gasteiger partial charge in [0.2, 0.25) is 5.91 Å². The molecular formula is C23H23N5OS. The summed E-state index contributed by atoms with van der Waals surface area (Å²) in [6, 6.07) is 19.4. The Morgan fingerprint density at radius 2 is 1.67 bits per heavy atom. The highest BCUT2D eigenvalue weighted by Crippen LogP contribution is 2.25. The molecule has 0 aliphatic heterocycles. The van der Waals surface area contributed by atoms with Gasteiger partial charge in [-0.15, -0.1) is 0 Å². The number of benzene rings is 2. The van der Waals surface area contributed by atoms with Crippen LogP contribution in [0.3, 0.4) is 0 Å². The molecular weight excluding hydrogens is 394 g/mol. The second-order valence-corrected chi connectivity index (χ2v) is 8.09. The van der Waals surface area contributed by atoms with Crippen molar-refractivity contribution in [1.82, 2.24) is 24.8 Å². The number of amides is 1. The largest absolute Gasteiger partial charge is 0.341 e. The molecule has 0 aliphatic carbocycles. The van der Waals surface area contributed by atoms with Crippen LogP contribution in [0, 0.1) is 13.8 Å². The monoisotopic (exact) mass is 417 g/mol. The third kappa shape index (κ3) is 4.36. The first-order valence-corrected chi connectivity index (χ1v) is 10.7. The lowest BCUT2D eigenvalue weighted by molar-refractivity contribution is -0.119. The summed E-state index contributed by atoms with van der Waals surface area (Å²) in [5, 5.41) is 3.76. The average molecular weight is 418 g/mol. The molecule has 30 heavy (non-hydrogen) atoms. The van der Waals surface area contributed by atoms with Crippen molar-refractivity contribution in [2.45, 2.75) is 25.0 Å². The van der Waals surface area contributed by atoms with E-state index in [2.05, 4.69) is 15.3 Å². The molecule has 4 rings (SSSR count). The zero-order chi connectivity index (χ0) is 21.1. The van der Waals surface area contributed by atoms with Gasteiger partial charge in [0.1, 0.15) is 11.9 Å². The number of aromatic nitrogens is 4. The zero-order valence-corrected chi connectivity index (χ0v) is 18.0. The van der Waals surface area contributed by atoms with Crippen molar-refractivity contribution in [3.05, 3.63) is 83.4 Å². The molecule has 0 aliphatic rings. The Kier molecular flexibility index (Phi) is 5.81. The molecule has 1 N–H and O–H groups in total. The lowest BCUT2D eigenvalue weighted by Gasteiger charge is -2.19. The first-order valence-electron chi connectivity index (χ1n) is 9.72. The fraction of sp³-hybridized carbons (Fsp3) is 0.217. The normalized spacial score (nSPS) is 12.1. The summed E-state index contributed by atoms with van der Waals surface area (Å²) < 4.78 is 2.04. The van der Waals surface area contributed by atoms with Crippen molar-refractivity contribution < 1.29 is 4.79 Å². The van der Waals surface area contributed by atoms with E-state index in [4.69, 9.17) is 4.98 Å². The van der Waals surface area contributed by atoms with Crippen LogP contribution in [-0.2, 0) is 11.8 Å². The van der Waals surface area contributed by atoms with Gasteiger partial charge in [0, 0.05) is 18.4 Å². The highest BCUT2D eigenvalue weighted by atomic mass is 32.2. The molecule has 0 saturated carbocycles. The van der Waals surface area contributed by atoms with E-state index in [0.29, 0.717) is 5.16 Å². The Bertz CT molecular complexity index is 1170. The fourth-order valence-corrected chi connectivity index (χ4v) is 4.22. The number of aryl methyl sites for hydroxylation is 3. The maximum Gasteiger partial charge on any atom is 0.231 e. The van der Waals surface area contributed by atoms with Gasteiger partial charge >= 0.3 is 0 Å². The Morgan fingerprint density at radius 3 is 2.37 bits per heavy atom. The summed E-state index contributed by atoms with van der Waals surface area (Å²) in [6.07, 6.45) is 0. The van der Waals surface area contributed by atoms with Gasteiger partial charge in [0.25, 0.3) is 0 Å². The van der Waals surface area contributed by atoms with Crippen LogP contribution in [0.2, 0.25) is 0 Å². The fourth-order valence-electron chi connectivity index (χ4n) is 3.46. The Hall–Kier alpha value is -3.19. The van der Waals surface area contributed by atoms with Crippen molar-refractivity contribution in [2.75, 3.05) is 5.75 Å². The molecule has 7 heteroatoms. The number of nitrogens with zero attached hydrogens (tertiary/aromatic N) is 4. The van der Waals surface area contributed by atoms with Crippen LogP contribution in [0.4, 0.5) is 0 Å². The number of imidazole rings is 1. The second-order valence-electron chi connectivity index (χ2n) is 7.15. The summed E-state index contributed by atoms with van der Waals surface area (Å²) in [6.45, 7) is 3.85. The number of hydrogen-bond acceptors (Lipinski definition) is 5. The second kappa shape index (κ2) is 8.67. The van der Waals surface area contributed by atoms with Gasteiger partial charge in [-0.1, -0.05) is 54.2 Å². The van der Waals surface area contributed by atoms with Gasteiger partial charge in [0.05, 0.1) is 16.8 Å². The van der Waals surface area contributed by atoms with Crippen molar-refractivity contribution in [1.29, 1.82) is 0 Å². The minimum atomic E-state index is -0.350. The summed E-state index contributed by atoms with van der Waals surface area (Å²) >= 11 is 1.34. The summed E-state index contributed by atoms with van der Waals surface area (Å²) in [5.41, 5.74) is 4.71. The molecule has 1 amide bonds. The molecule has 1 atom stereocenters. The number of para-hydroxylation sites is 2. The number of carbonyl (C=O) groups is 1. The van der Waals surface area contributed by atoms with E-state index < -0.39 is 0 Å². The minimum absolute atomic E-state index is 0.0938. The highest BCUT2D eigenvalue weighted by molar-refractivity contribution is 7.99. The lowest BCUT2D eigenvalue weighted by atomic mass is 10.1. The van der Waals surface area contributed by atoms with Crippen LogP contribution in [0.5, 0.6) is 0 Å². The van der Waals surface area contributed by atoms with E-state index in [0.717, 1.165) is 33.8 Å². The van der Waals surface area contributed by atoms with Gasteiger partial charge in [0.15, 0.2) is 5.16 Å². The number of rotatable bonds is 6. The SMILES string of the molecule is Cc1cc(C)nc(SCC(=O)N[C@@H](c2ccccc2)c2nc3ccccc3n2C)n1. The van der Waals surface area contributed by atoms with Crippen LogP contribution in [0.1, 0.15) is 28.8 Å². The smallest absolute Gasteiger partial charge is 0.231 e. The van der Waals surface area contributed by atoms with Crippen LogP contribution >= 0.6 is 11.8 Å². The van der Waals surface area contributed by atoms with Crippen LogP contribution in [-0.4, -0.2) is 31.2 Å². The topological polar surface area (TPSA) is 72.7 Å². The Labute approximate surface area is 179 Å². The van der Waals surface area contributed by atoms with E-state index >= 15 is 0 Å². The third-order valence-electron chi connectivity index (χ3n) is 4.81. The molecule has 2 heterocycles. The standard InChI is InChI=1S/C23H23N5OS/c1-15-13-16(2)25-23(24-15)30-14-20(29)27-21(17-9-5-4-6-10-17)22-26-18-11-7-8-12-19(18)28(22)3/h4-13,21H,14H2,1-3H3,(H,27,29)/t21-/m0/s1. The third-order valence-corrected chi connectivity index (χ3v) is 5.66. The molecule has 2 aromatic heterocycles. The van der Waals surface area contributed by atoms with Crippen LogP contribution < -0.4 is 5.32 Å². The molecule has 0 radical (unpaired) electrons. The van der Waals surface area contributed by atoms with Gasteiger partial charge in [-0.25, -0.2) is 15.0 Å². The molecule has 0 fully saturated rings. The molecule has 152 valence electrons. The van der Waals surface area contributed by atoms with E-state index in [-0.39, 0.29) is 17.7 Å². The number of carbonyl (C=O) groups excluding carboxylic acids is 1. The molecule has 0 spiro atoms. The Balaban J connectivity index is 1.59. The van der Waals surface area contributed by atoms with Crippen molar-refractivity contribution in [2.24, 2.45) is 7.05 Å². The van der Waals surface area contributed by atoms with Crippen molar-refractivity contribution in [3.8, 4) is 0 Å². The number of thioether (sulfide) groups is 1. The maximum atomic E-state index is 12.8. The quantitative estimate of drug-likeness (QED) is 0.379. The lowest BCUT2D eigenvalue weighted by Crippen LogP contribution is -2.32. The predicted molar refractivity (Wildman–Crippen MR) is 119 cm³/mol. The Morgan fingerprint density at radius 1 is 1.00 bits per heavy atom. The van der Waals surface area contributed by atoms with Crippen molar-refractivity contribution in [3.63, 3.8) is 0 Å². The molecule has 2 aromatic carbocycles. The van der Waals surface area contributed by atoms with Gasteiger partial charge in [-0.3, -0.25) is 4.79 Å². The molecule has 6 nitrogen and oxygen atoms in total. The zero-order valence-electron chi connectivity index (χ0n) is 17.2. The average Bonchev–Trinajstić information content (AvgIpc) is 3.07. The van der Waals surface area contributed by atoms with E-state index in [9.17, 15) is 4.79 Å². The highest BCUT2D eigenvalue weighted by Gasteiger charge is 2.22. The van der Waals surface area contributed by atoms with E-state index in [1.807, 2.05) is 86.1 Å². The molecule has 0 bridgehead atoms. The first-order chi connectivity index (χ1) is 14.5. The number of hydrogen-bond donors (Lipinski definition) is 1. The van der Waals surface area contributed by atoms with Crippen LogP contribution in [0.15, 0.2) is 65.8 Å². The predicted octanol–water partition coefficient (Wildman–Crippen LogP) is 3.98. The van der Waals surface area contributed by atoms with E-state index in [1.165, 1.54) is 11.8 Å². The number of fused-ring (bicyclic) bond motifs is 1. The van der Waals surface area contributed by atoms with Gasteiger partial charge in [-0.05, 0) is 37.6 Å². The number of nitrogens with one attached hydrogen (secondary N) is 1. The summed E-state index contributed by atoms with van der Waals surface area (Å²) in [4.78, 5) is 26.4.